The third-order valence-corrected chi connectivity index (χ3v) is 4.07. The zero-order chi connectivity index (χ0) is 14.5. The molecule has 1 N–H and O–H groups in total. The van der Waals surface area contributed by atoms with Crippen LogP contribution in [-0.4, -0.2) is 15.5 Å². The molecule has 1 aromatic heterocycles. The highest BCUT2D eigenvalue weighted by Gasteiger charge is 2.17. The fraction of sp³-hybridized carbons (Fsp3) is 0.308. The molecule has 20 heavy (non-hydrogen) atoms. The Balaban J connectivity index is 2.18. The summed E-state index contributed by atoms with van der Waals surface area (Å²) in [6.07, 6.45) is 1.74. The summed E-state index contributed by atoms with van der Waals surface area (Å²) in [6, 6.07) is 5.26. The fourth-order valence-corrected chi connectivity index (χ4v) is 2.58. The van der Waals surface area contributed by atoms with Gasteiger partial charge in [-0.3, -0.25) is 4.79 Å². The third kappa shape index (κ3) is 3.69. The molecule has 0 saturated heterocycles. The van der Waals surface area contributed by atoms with Crippen molar-refractivity contribution >= 4 is 40.6 Å². The largest absolute Gasteiger partial charge is 0.344 e. The van der Waals surface area contributed by atoms with Crippen molar-refractivity contribution in [2.24, 2.45) is 0 Å². The van der Waals surface area contributed by atoms with Crippen molar-refractivity contribution < 1.29 is 4.79 Å². The fourth-order valence-electron chi connectivity index (χ4n) is 1.84. The highest BCUT2D eigenvalue weighted by Crippen LogP contribution is 2.27. The van der Waals surface area contributed by atoms with Crippen LogP contribution >= 0.6 is 34.7 Å². The number of rotatable bonds is 5. The zero-order valence-electron chi connectivity index (χ0n) is 10.8. The number of carbonyl (C=O) groups excluding carboxylic acids is 1. The highest BCUT2D eigenvalue weighted by atomic mass is 35.5. The van der Waals surface area contributed by atoms with E-state index in [2.05, 4.69) is 21.8 Å². The van der Waals surface area contributed by atoms with Gasteiger partial charge in [0.05, 0.1) is 16.1 Å². The van der Waals surface area contributed by atoms with Gasteiger partial charge in [-0.1, -0.05) is 47.1 Å². The lowest BCUT2D eigenvalue weighted by Crippen LogP contribution is -2.28. The summed E-state index contributed by atoms with van der Waals surface area (Å²) >= 11 is 13.1. The SMILES string of the molecule is CCCC(NC(=O)c1csnn1)c1ccc(Cl)c(Cl)c1. The highest BCUT2D eigenvalue weighted by molar-refractivity contribution is 7.03. The Labute approximate surface area is 131 Å². The smallest absolute Gasteiger partial charge is 0.273 e. The Morgan fingerprint density at radius 1 is 1.40 bits per heavy atom. The average molecular weight is 330 g/mol. The van der Waals surface area contributed by atoms with Gasteiger partial charge in [-0.05, 0) is 35.6 Å². The Bertz CT molecular complexity index is 589. The van der Waals surface area contributed by atoms with Crippen LogP contribution in [0.15, 0.2) is 23.6 Å². The number of halogens is 2. The molecule has 0 radical (unpaired) electrons. The molecular weight excluding hydrogens is 317 g/mol. The standard InChI is InChI=1S/C13H13Cl2N3OS/c1-2-3-11(8-4-5-9(14)10(15)6-8)16-13(19)12-7-20-18-17-12/h4-7,11H,2-3H2,1H3,(H,16,19). The topological polar surface area (TPSA) is 54.9 Å². The van der Waals surface area contributed by atoms with Gasteiger partial charge in [-0.2, -0.15) is 0 Å². The second-order valence-electron chi connectivity index (χ2n) is 4.28. The van der Waals surface area contributed by atoms with Crippen molar-refractivity contribution in [2.45, 2.75) is 25.8 Å². The minimum atomic E-state index is -0.233. The van der Waals surface area contributed by atoms with Crippen LogP contribution in [0.1, 0.15) is 41.9 Å². The first-order valence-electron chi connectivity index (χ1n) is 6.14. The van der Waals surface area contributed by atoms with Crippen molar-refractivity contribution in [3.05, 3.63) is 44.9 Å². The molecule has 4 nitrogen and oxygen atoms in total. The molecule has 106 valence electrons. The first kappa shape index (κ1) is 15.2. The maximum absolute atomic E-state index is 12.1. The monoisotopic (exact) mass is 329 g/mol. The number of nitrogens with zero attached hydrogens (tertiary/aromatic N) is 2. The quantitative estimate of drug-likeness (QED) is 0.897. The zero-order valence-corrected chi connectivity index (χ0v) is 13.1. The average Bonchev–Trinajstić information content (AvgIpc) is 2.95. The third-order valence-electron chi connectivity index (χ3n) is 2.82. The van der Waals surface area contributed by atoms with Crippen molar-refractivity contribution in [3.63, 3.8) is 0 Å². The lowest BCUT2D eigenvalue weighted by Gasteiger charge is -2.18. The summed E-state index contributed by atoms with van der Waals surface area (Å²) in [5, 5.41) is 9.31. The van der Waals surface area contributed by atoms with E-state index in [1.807, 2.05) is 6.07 Å². The van der Waals surface area contributed by atoms with Gasteiger partial charge in [0.25, 0.3) is 5.91 Å². The van der Waals surface area contributed by atoms with Crippen LogP contribution in [-0.2, 0) is 0 Å². The minimum absolute atomic E-state index is 0.121. The van der Waals surface area contributed by atoms with E-state index in [1.165, 1.54) is 0 Å². The van der Waals surface area contributed by atoms with Gasteiger partial charge < -0.3 is 5.32 Å². The number of nitrogens with one attached hydrogen (secondary N) is 1. The molecule has 1 unspecified atom stereocenters. The Morgan fingerprint density at radius 3 is 2.80 bits per heavy atom. The van der Waals surface area contributed by atoms with Gasteiger partial charge in [0.15, 0.2) is 5.69 Å². The van der Waals surface area contributed by atoms with Crippen molar-refractivity contribution in [3.8, 4) is 0 Å². The molecular formula is C13H13Cl2N3OS. The summed E-state index contributed by atoms with van der Waals surface area (Å²) in [7, 11) is 0. The molecule has 1 amide bonds. The maximum Gasteiger partial charge on any atom is 0.273 e. The van der Waals surface area contributed by atoms with Crippen LogP contribution in [0.3, 0.4) is 0 Å². The van der Waals surface area contributed by atoms with Crippen LogP contribution in [0.2, 0.25) is 10.0 Å². The van der Waals surface area contributed by atoms with E-state index in [0.717, 1.165) is 29.9 Å². The molecule has 2 aromatic rings. The molecule has 7 heteroatoms. The lowest BCUT2D eigenvalue weighted by molar-refractivity contribution is 0.0929. The van der Waals surface area contributed by atoms with E-state index in [0.29, 0.717) is 15.7 Å². The molecule has 0 aliphatic rings. The van der Waals surface area contributed by atoms with Crippen molar-refractivity contribution in [1.82, 2.24) is 14.9 Å². The number of hydrogen-bond donors (Lipinski definition) is 1. The number of benzene rings is 1. The lowest BCUT2D eigenvalue weighted by atomic mass is 10.0. The first-order valence-corrected chi connectivity index (χ1v) is 7.74. The normalized spacial score (nSPS) is 12.2. The van der Waals surface area contributed by atoms with Crippen LogP contribution < -0.4 is 5.32 Å². The van der Waals surface area contributed by atoms with Crippen LogP contribution in [0.25, 0.3) is 0 Å². The minimum Gasteiger partial charge on any atom is -0.344 e. The Hall–Kier alpha value is -1.17. The van der Waals surface area contributed by atoms with Crippen LogP contribution in [0.5, 0.6) is 0 Å². The number of amides is 1. The molecule has 0 aliphatic heterocycles. The van der Waals surface area contributed by atoms with Gasteiger partial charge in [-0.25, -0.2) is 0 Å². The molecule has 0 spiro atoms. The van der Waals surface area contributed by atoms with Crippen LogP contribution in [0.4, 0.5) is 0 Å². The summed E-state index contributed by atoms with van der Waals surface area (Å²) in [4.78, 5) is 12.1. The van der Waals surface area contributed by atoms with E-state index >= 15 is 0 Å². The van der Waals surface area contributed by atoms with Crippen molar-refractivity contribution in [1.29, 1.82) is 0 Å². The van der Waals surface area contributed by atoms with Gasteiger partial charge in [0.2, 0.25) is 0 Å². The Kier molecular flexibility index (Phi) is 5.34. The van der Waals surface area contributed by atoms with Gasteiger partial charge in [0, 0.05) is 5.38 Å². The predicted molar refractivity (Wildman–Crippen MR) is 81.5 cm³/mol. The Morgan fingerprint density at radius 2 is 2.20 bits per heavy atom. The first-order chi connectivity index (χ1) is 9.61. The van der Waals surface area contributed by atoms with E-state index in [-0.39, 0.29) is 11.9 Å². The molecule has 0 saturated carbocycles. The molecule has 1 atom stereocenters. The molecule has 0 aliphatic carbocycles. The van der Waals surface area contributed by atoms with E-state index in [4.69, 9.17) is 23.2 Å². The van der Waals surface area contributed by atoms with E-state index in [1.54, 1.807) is 17.5 Å². The van der Waals surface area contributed by atoms with E-state index < -0.39 is 0 Å². The van der Waals surface area contributed by atoms with Gasteiger partial charge >= 0.3 is 0 Å². The summed E-state index contributed by atoms with van der Waals surface area (Å²) in [5.74, 6) is -0.233. The van der Waals surface area contributed by atoms with Crippen LogP contribution in [0, 0.1) is 0 Å². The second-order valence-corrected chi connectivity index (χ2v) is 5.70. The van der Waals surface area contributed by atoms with Gasteiger partial charge in [-0.15, -0.1) is 5.10 Å². The molecule has 1 aromatic carbocycles. The number of aromatic nitrogens is 2. The molecule has 1 heterocycles. The predicted octanol–water partition coefficient (Wildman–Crippen LogP) is 4.12. The molecule has 0 bridgehead atoms. The molecule has 0 fully saturated rings. The summed E-state index contributed by atoms with van der Waals surface area (Å²) < 4.78 is 3.69. The van der Waals surface area contributed by atoms with Gasteiger partial charge in [0.1, 0.15) is 0 Å². The maximum atomic E-state index is 12.1. The number of carbonyl (C=O) groups is 1. The number of hydrogen-bond acceptors (Lipinski definition) is 4. The summed E-state index contributed by atoms with van der Waals surface area (Å²) in [6.45, 7) is 2.06. The van der Waals surface area contributed by atoms with Crippen molar-refractivity contribution in [2.75, 3.05) is 0 Å². The molecule has 2 rings (SSSR count). The second kappa shape index (κ2) is 7.02. The van der Waals surface area contributed by atoms with E-state index in [9.17, 15) is 4.79 Å². The summed E-state index contributed by atoms with van der Waals surface area (Å²) in [5.41, 5.74) is 1.26.